The third kappa shape index (κ3) is 3.60. The summed E-state index contributed by atoms with van der Waals surface area (Å²) in [6.07, 6.45) is 5.11. The fourth-order valence-electron chi connectivity index (χ4n) is 1.81. The van der Waals surface area contributed by atoms with Crippen LogP contribution in [-0.2, 0) is 9.16 Å². The standard InChI is InChI=1S/C17H25O2Si/c1-17(2,3)20(4,5)18-13-15-11-12-16(19-15)14-9-7-6-8-10-14/h6-12,16H,13H2,1-5H3/t16-/m0/s1. The lowest BCUT2D eigenvalue weighted by atomic mass is 10.1. The molecule has 1 aliphatic heterocycles. The van der Waals surface area contributed by atoms with Crippen LogP contribution in [0.3, 0.4) is 0 Å². The number of ether oxygens (including phenoxy) is 1. The van der Waals surface area contributed by atoms with Gasteiger partial charge >= 0.3 is 0 Å². The molecule has 0 saturated carbocycles. The molecule has 0 bridgehead atoms. The minimum atomic E-state index is -1.71. The van der Waals surface area contributed by atoms with Gasteiger partial charge in [0.05, 0.1) is 6.61 Å². The third-order valence-electron chi connectivity index (χ3n) is 4.24. The van der Waals surface area contributed by atoms with E-state index in [1.54, 1.807) is 0 Å². The lowest BCUT2D eigenvalue weighted by molar-refractivity contribution is 0.0960. The molecular formula is C17H25O2Si. The van der Waals surface area contributed by atoms with E-state index in [2.05, 4.69) is 52.1 Å². The summed E-state index contributed by atoms with van der Waals surface area (Å²) in [5.74, 6) is 0. The van der Waals surface area contributed by atoms with Gasteiger partial charge in [-0.1, -0.05) is 57.2 Å². The highest BCUT2D eigenvalue weighted by Gasteiger charge is 2.38. The SMILES string of the molecule is CC(C)(C)[Si](C)(C)OC[C]1C=C[C@@H](c2ccccc2)O1. The van der Waals surface area contributed by atoms with Crippen molar-refractivity contribution in [2.45, 2.75) is 45.0 Å². The van der Waals surface area contributed by atoms with Crippen molar-refractivity contribution >= 4 is 8.32 Å². The van der Waals surface area contributed by atoms with Crippen LogP contribution in [0.4, 0.5) is 0 Å². The van der Waals surface area contributed by atoms with Gasteiger partial charge in [0.1, 0.15) is 12.2 Å². The second kappa shape index (κ2) is 5.84. The van der Waals surface area contributed by atoms with Crippen LogP contribution in [0.25, 0.3) is 0 Å². The van der Waals surface area contributed by atoms with Crippen LogP contribution in [0.1, 0.15) is 32.4 Å². The zero-order valence-corrected chi connectivity index (χ0v) is 14.1. The summed E-state index contributed by atoms with van der Waals surface area (Å²) in [4.78, 5) is 0. The zero-order chi connectivity index (χ0) is 14.8. The first-order valence-corrected chi connectivity index (χ1v) is 10.1. The Bertz CT molecular complexity index is 460. The monoisotopic (exact) mass is 289 g/mol. The number of rotatable bonds is 4. The van der Waals surface area contributed by atoms with Gasteiger partial charge in [-0.05, 0) is 29.8 Å². The van der Waals surface area contributed by atoms with E-state index < -0.39 is 8.32 Å². The topological polar surface area (TPSA) is 18.5 Å². The minimum Gasteiger partial charge on any atom is -0.413 e. The van der Waals surface area contributed by atoms with E-state index in [0.717, 1.165) is 6.10 Å². The molecular weight excluding hydrogens is 264 g/mol. The fourth-order valence-corrected chi connectivity index (χ4v) is 2.74. The quantitative estimate of drug-likeness (QED) is 0.736. The van der Waals surface area contributed by atoms with Crippen LogP contribution in [-0.4, -0.2) is 14.9 Å². The molecule has 109 valence electrons. The van der Waals surface area contributed by atoms with Gasteiger partial charge in [-0.25, -0.2) is 0 Å². The van der Waals surface area contributed by atoms with Crippen molar-refractivity contribution in [3.05, 3.63) is 54.2 Å². The molecule has 0 saturated heterocycles. The van der Waals surface area contributed by atoms with E-state index in [1.807, 2.05) is 24.3 Å². The van der Waals surface area contributed by atoms with Crippen LogP contribution in [0.2, 0.25) is 18.1 Å². The van der Waals surface area contributed by atoms with Gasteiger partial charge in [0.15, 0.2) is 8.32 Å². The maximum absolute atomic E-state index is 6.19. The number of hydrogen-bond acceptors (Lipinski definition) is 2. The largest absolute Gasteiger partial charge is 0.413 e. The molecule has 0 N–H and O–H groups in total. The van der Waals surface area contributed by atoms with E-state index >= 15 is 0 Å². The molecule has 2 nitrogen and oxygen atoms in total. The van der Waals surface area contributed by atoms with Gasteiger partial charge in [-0.3, -0.25) is 0 Å². The summed E-state index contributed by atoms with van der Waals surface area (Å²) in [6.45, 7) is 11.9. The second-order valence-electron chi connectivity index (χ2n) is 6.82. The Hall–Kier alpha value is -0.903. The molecule has 0 aliphatic carbocycles. The van der Waals surface area contributed by atoms with E-state index in [9.17, 15) is 0 Å². The molecule has 0 unspecified atom stereocenters. The third-order valence-corrected chi connectivity index (χ3v) is 8.72. The van der Waals surface area contributed by atoms with E-state index in [-0.39, 0.29) is 11.1 Å². The minimum absolute atomic E-state index is 0.0363. The lowest BCUT2D eigenvalue weighted by Gasteiger charge is -2.36. The van der Waals surface area contributed by atoms with Crippen LogP contribution < -0.4 is 0 Å². The molecule has 1 atom stereocenters. The van der Waals surface area contributed by atoms with E-state index in [0.29, 0.717) is 6.61 Å². The van der Waals surface area contributed by atoms with Crippen molar-refractivity contribution in [1.29, 1.82) is 0 Å². The first-order valence-electron chi connectivity index (χ1n) is 7.19. The Balaban J connectivity index is 1.88. The molecule has 1 radical (unpaired) electrons. The lowest BCUT2D eigenvalue weighted by Crippen LogP contribution is -2.41. The summed E-state index contributed by atoms with van der Waals surface area (Å²) in [6, 6.07) is 10.3. The molecule has 20 heavy (non-hydrogen) atoms. The predicted octanol–water partition coefficient (Wildman–Crippen LogP) is 4.87. The highest BCUT2D eigenvalue weighted by Crippen LogP contribution is 2.38. The summed E-state index contributed by atoms with van der Waals surface area (Å²) in [7, 11) is -1.71. The summed E-state index contributed by atoms with van der Waals surface area (Å²) < 4.78 is 12.1. The molecule has 1 heterocycles. The fraction of sp³-hybridized carbons (Fsp3) is 0.471. The average molecular weight is 289 g/mol. The average Bonchev–Trinajstić information content (AvgIpc) is 2.85. The molecule has 1 aliphatic rings. The smallest absolute Gasteiger partial charge is 0.192 e. The summed E-state index contributed by atoms with van der Waals surface area (Å²) >= 11 is 0. The van der Waals surface area contributed by atoms with Crippen LogP contribution >= 0.6 is 0 Å². The molecule has 3 heteroatoms. The molecule has 2 rings (SSSR count). The first kappa shape index (κ1) is 15.5. The van der Waals surface area contributed by atoms with Gasteiger partial charge in [0.2, 0.25) is 0 Å². The maximum Gasteiger partial charge on any atom is 0.192 e. The van der Waals surface area contributed by atoms with Crippen LogP contribution in [0.5, 0.6) is 0 Å². The highest BCUT2D eigenvalue weighted by atomic mass is 28.4. The van der Waals surface area contributed by atoms with Gasteiger partial charge < -0.3 is 9.16 Å². The Morgan fingerprint density at radius 3 is 2.40 bits per heavy atom. The maximum atomic E-state index is 6.19. The Kier molecular flexibility index (Phi) is 4.52. The predicted molar refractivity (Wildman–Crippen MR) is 85.8 cm³/mol. The van der Waals surface area contributed by atoms with E-state index in [1.165, 1.54) is 5.56 Å². The van der Waals surface area contributed by atoms with Crippen molar-refractivity contribution in [3.63, 3.8) is 0 Å². The zero-order valence-electron chi connectivity index (χ0n) is 13.1. The number of benzene rings is 1. The van der Waals surface area contributed by atoms with Gasteiger partial charge in [-0.2, -0.15) is 0 Å². The first-order chi connectivity index (χ1) is 9.29. The Morgan fingerprint density at radius 1 is 1.15 bits per heavy atom. The van der Waals surface area contributed by atoms with Crippen LogP contribution in [0, 0.1) is 6.10 Å². The Labute approximate surface area is 123 Å². The molecule has 0 spiro atoms. The second-order valence-corrected chi connectivity index (χ2v) is 11.6. The van der Waals surface area contributed by atoms with Crippen molar-refractivity contribution in [2.24, 2.45) is 0 Å². The summed E-state index contributed by atoms with van der Waals surface area (Å²) in [5, 5.41) is 0.231. The Morgan fingerprint density at radius 2 is 1.80 bits per heavy atom. The van der Waals surface area contributed by atoms with Crippen LogP contribution in [0.15, 0.2) is 42.5 Å². The number of hydrogen-bond donors (Lipinski definition) is 0. The molecule has 0 aromatic heterocycles. The van der Waals surface area contributed by atoms with Gasteiger partial charge in [0, 0.05) is 0 Å². The van der Waals surface area contributed by atoms with Crippen molar-refractivity contribution in [2.75, 3.05) is 6.61 Å². The normalized spacial score (nSPS) is 20.6. The van der Waals surface area contributed by atoms with Crippen molar-refractivity contribution in [3.8, 4) is 0 Å². The van der Waals surface area contributed by atoms with Crippen molar-refractivity contribution < 1.29 is 9.16 Å². The molecule has 1 aromatic rings. The molecule has 0 amide bonds. The van der Waals surface area contributed by atoms with Gasteiger partial charge in [0.25, 0.3) is 0 Å². The van der Waals surface area contributed by atoms with Crippen molar-refractivity contribution in [1.82, 2.24) is 0 Å². The van der Waals surface area contributed by atoms with E-state index in [4.69, 9.17) is 9.16 Å². The summed E-state index contributed by atoms with van der Waals surface area (Å²) in [5.41, 5.74) is 1.19. The highest BCUT2D eigenvalue weighted by molar-refractivity contribution is 6.74. The van der Waals surface area contributed by atoms with Gasteiger partial charge in [-0.15, -0.1) is 0 Å². The molecule has 0 fully saturated rings. The molecule has 1 aromatic carbocycles.